The Morgan fingerprint density at radius 1 is 0.255 bits per heavy atom. The van der Waals surface area contributed by atoms with Gasteiger partial charge in [-0.3, -0.25) is 0 Å². The summed E-state index contributed by atoms with van der Waals surface area (Å²) in [7, 11) is 0. The SMILES string of the molecule is c1cc(-c2c3ccccc3c(-c3cccc4ccccc34)c3ccccc23)cc(-c2cc3ccccc3c3c2oc2c4ccccc4c4ccccc4c23)c1. The van der Waals surface area contributed by atoms with Crippen LogP contribution in [0.25, 0.3) is 120 Å². The van der Waals surface area contributed by atoms with Gasteiger partial charge in [-0.2, -0.15) is 0 Å². The summed E-state index contributed by atoms with van der Waals surface area (Å²) >= 11 is 0. The first-order valence-electron chi connectivity index (χ1n) is 19.0. The van der Waals surface area contributed by atoms with E-state index in [9.17, 15) is 0 Å². The Labute approximate surface area is 317 Å². The van der Waals surface area contributed by atoms with Crippen molar-refractivity contribution >= 4 is 86.6 Å². The number of benzene rings is 11. The molecular formula is C54H32O. The van der Waals surface area contributed by atoms with Gasteiger partial charge in [0, 0.05) is 21.7 Å². The molecule has 0 spiro atoms. The third-order valence-electron chi connectivity index (χ3n) is 11.8. The standard InChI is InChI=1S/C54H32O/c1-3-20-37-33(15-1)17-14-30-41(37)50-45-27-10-8-25-43(45)49(44-26-9-11-28-46(44)50)36-19-13-18-34(31-36)48-32-35-16-2-4-21-38(35)51-52-42-24-7-5-22-39(42)40-23-6-12-29-47(40)53(52)55-54(48)51/h1-32H. The topological polar surface area (TPSA) is 13.1 Å². The van der Waals surface area contributed by atoms with Crippen molar-refractivity contribution in [3.8, 4) is 33.4 Å². The van der Waals surface area contributed by atoms with E-state index in [1.807, 2.05) is 0 Å². The lowest BCUT2D eigenvalue weighted by molar-refractivity contribution is 0.674. The first-order chi connectivity index (χ1) is 27.3. The molecule has 0 N–H and O–H groups in total. The zero-order valence-corrected chi connectivity index (χ0v) is 29.9. The molecule has 55 heavy (non-hydrogen) atoms. The van der Waals surface area contributed by atoms with Crippen molar-refractivity contribution in [2.45, 2.75) is 0 Å². The van der Waals surface area contributed by atoms with E-state index in [2.05, 4.69) is 194 Å². The Morgan fingerprint density at radius 2 is 0.727 bits per heavy atom. The largest absolute Gasteiger partial charge is 0.455 e. The van der Waals surface area contributed by atoms with E-state index in [-0.39, 0.29) is 0 Å². The molecule has 0 aliphatic heterocycles. The Bertz CT molecular complexity index is 3490. The zero-order chi connectivity index (χ0) is 36.0. The van der Waals surface area contributed by atoms with E-state index in [0.29, 0.717) is 0 Å². The van der Waals surface area contributed by atoms with Gasteiger partial charge < -0.3 is 4.42 Å². The van der Waals surface area contributed by atoms with E-state index in [1.54, 1.807) is 0 Å². The molecule has 254 valence electrons. The second-order valence-corrected chi connectivity index (χ2v) is 14.7. The third kappa shape index (κ3) is 4.35. The van der Waals surface area contributed by atoms with Crippen LogP contribution in [0.5, 0.6) is 0 Å². The van der Waals surface area contributed by atoms with E-state index >= 15 is 0 Å². The van der Waals surface area contributed by atoms with Gasteiger partial charge in [0.05, 0.1) is 0 Å². The van der Waals surface area contributed by atoms with Crippen molar-refractivity contribution in [1.29, 1.82) is 0 Å². The molecule has 0 amide bonds. The van der Waals surface area contributed by atoms with Crippen LogP contribution in [0.2, 0.25) is 0 Å². The number of hydrogen-bond acceptors (Lipinski definition) is 1. The predicted octanol–water partition coefficient (Wildman–Crippen LogP) is 15.5. The quantitative estimate of drug-likeness (QED) is 0.132. The third-order valence-corrected chi connectivity index (χ3v) is 11.8. The van der Waals surface area contributed by atoms with Crippen molar-refractivity contribution in [2.75, 3.05) is 0 Å². The molecule has 12 aromatic rings. The van der Waals surface area contributed by atoms with Gasteiger partial charge in [0.25, 0.3) is 0 Å². The van der Waals surface area contributed by atoms with E-state index in [4.69, 9.17) is 4.42 Å². The number of fused-ring (bicyclic) bond motifs is 13. The van der Waals surface area contributed by atoms with E-state index < -0.39 is 0 Å². The highest BCUT2D eigenvalue weighted by atomic mass is 16.3. The second-order valence-electron chi connectivity index (χ2n) is 14.7. The molecule has 0 saturated heterocycles. The second kappa shape index (κ2) is 11.6. The fourth-order valence-electron chi connectivity index (χ4n) is 9.48. The first-order valence-corrected chi connectivity index (χ1v) is 19.0. The lowest BCUT2D eigenvalue weighted by atomic mass is 9.84. The molecule has 12 rings (SSSR count). The maximum Gasteiger partial charge on any atom is 0.143 e. The molecule has 1 aromatic heterocycles. The minimum atomic E-state index is 0.924. The molecule has 1 nitrogen and oxygen atoms in total. The molecular weight excluding hydrogens is 665 g/mol. The molecule has 0 radical (unpaired) electrons. The van der Waals surface area contributed by atoms with Crippen molar-refractivity contribution in [1.82, 2.24) is 0 Å². The molecule has 0 aliphatic rings. The van der Waals surface area contributed by atoms with Gasteiger partial charge in [-0.15, -0.1) is 0 Å². The minimum absolute atomic E-state index is 0.924. The first kappa shape index (κ1) is 30.3. The van der Waals surface area contributed by atoms with Crippen molar-refractivity contribution in [2.24, 2.45) is 0 Å². The Balaban J connectivity index is 1.17. The summed E-state index contributed by atoms with van der Waals surface area (Å²) in [4.78, 5) is 0. The maximum atomic E-state index is 7.15. The lowest BCUT2D eigenvalue weighted by Crippen LogP contribution is -1.92. The van der Waals surface area contributed by atoms with Crippen LogP contribution >= 0.6 is 0 Å². The highest BCUT2D eigenvalue weighted by Crippen LogP contribution is 2.49. The van der Waals surface area contributed by atoms with Crippen LogP contribution < -0.4 is 0 Å². The predicted molar refractivity (Wildman–Crippen MR) is 235 cm³/mol. The summed E-state index contributed by atoms with van der Waals surface area (Å²) in [6.45, 7) is 0. The molecule has 11 aromatic carbocycles. The van der Waals surface area contributed by atoms with Crippen LogP contribution in [0.15, 0.2) is 199 Å². The molecule has 0 saturated carbocycles. The summed E-state index contributed by atoms with van der Waals surface area (Å²) in [6, 6.07) is 70.9. The Kier molecular flexibility index (Phi) is 6.40. The minimum Gasteiger partial charge on any atom is -0.455 e. The molecule has 0 unspecified atom stereocenters. The average Bonchev–Trinajstić information content (AvgIpc) is 3.67. The van der Waals surface area contributed by atoms with Crippen LogP contribution in [-0.4, -0.2) is 0 Å². The lowest BCUT2D eigenvalue weighted by Gasteiger charge is -2.19. The summed E-state index contributed by atoms with van der Waals surface area (Å²) in [5.41, 5.74) is 9.06. The van der Waals surface area contributed by atoms with Gasteiger partial charge >= 0.3 is 0 Å². The fraction of sp³-hybridized carbons (Fsp3) is 0. The summed E-state index contributed by atoms with van der Waals surface area (Å²) in [5.74, 6) is 0. The average molecular weight is 697 g/mol. The fourth-order valence-corrected chi connectivity index (χ4v) is 9.48. The van der Waals surface area contributed by atoms with E-state index in [0.717, 1.165) is 27.7 Å². The van der Waals surface area contributed by atoms with Gasteiger partial charge in [-0.05, 0) is 99.2 Å². The Morgan fingerprint density at radius 3 is 1.44 bits per heavy atom. The summed E-state index contributed by atoms with van der Waals surface area (Å²) in [5, 5.41) is 17.1. The van der Waals surface area contributed by atoms with Crippen LogP contribution in [0, 0.1) is 0 Å². The molecule has 0 aliphatic carbocycles. The summed E-state index contributed by atoms with van der Waals surface area (Å²) < 4.78 is 7.15. The molecule has 0 fully saturated rings. The molecule has 1 heterocycles. The van der Waals surface area contributed by atoms with Crippen LogP contribution in [0.3, 0.4) is 0 Å². The van der Waals surface area contributed by atoms with Gasteiger partial charge in [0.15, 0.2) is 0 Å². The molecule has 0 atom stereocenters. The highest BCUT2D eigenvalue weighted by molar-refractivity contribution is 6.35. The number of hydrogen-bond donors (Lipinski definition) is 0. The normalized spacial score (nSPS) is 12.0. The Hall–Kier alpha value is -7.22. The van der Waals surface area contributed by atoms with Crippen molar-refractivity contribution in [3.63, 3.8) is 0 Å². The summed E-state index contributed by atoms with van der Waals surface area (Å²) in [6.07, 6.45) is 0. The van der Waals surface area contributed by atoms with Gasteiger partial charge in [0.2, 0.25) is 0 Å². The molecule has 1 heteroatoms. The number of furan rings is 1. The van der Waals surface area contributed by atoms with E-state index in [1.165, 1.54) is 92.3 Å². The smallest absolute Gasteiger partial charge is 0.143 e. The van der Waals surface area contributed by atoms with Crippen molar-refractivity contribution in [3.05, 3.63) is 194 Å². The monoisotopic (exact) mass is 696 g/mol. The van der Waals surface area contributed by atoms with Gasteiger partial charge in [0.1, 0.15) is 11.2 Å². The highest BCUT2D eigenvalue weighted by Gasteiger charge is 2.22. The van der Waals surface area contributed by atoms with Crippen molar-refractivity contribution < 1.29 is 4.42 Å². The molecule has 0 bridgehead atoms. The maximum absolute atomic E-state index is 7.15. The zero-order valence-electron chi connectivity index (χ0n) is 29.9. The van der Waals surface area contributed by atoms with Crippen LogP contribution in [0.1, 0.15) is 0 Å². The number of rotatable bonds is 3. The van der Waals surface area contributed by atoms with Gasteiger partial charge in [-0.25, -0.2) is 0 Å². The van der Waals surface area contributed by atoms with Crippen LogP contribution in [-0.2, 0) is 0 Å². The van der Waals surface area contributed by atoms with Crippen LogP contribution in [0.4, 0.5) is 0 Å². The van der Waals surface area contributed by atoms with Gasteiger partial charge in [-0.1, -0.05) is 182 Å².